The standard InChI is InChI=1S/C13H12Cl2N2O/c1-8-6-17-12(7-16-8)13(18)5-9-4-10(14)2-3-11(9)15/h2-4,6-7,13,18H,5H2,1H3. The highest BCUT2D eigenvalue weighted by Crippen LogP contribution is 2.25. The largest absolute Gasteiger partial charge is 0.386 e. The summed E-state index contributed by atoms with van der Waals surface area (Å²) in [5.41, 5.74) is 2.13. The Morgan fingerprint density at radius 2 is 2.00 bits per heavy atom. The molecule has 2 aromatic rings. The Bertz CT molecular complexity index is 543. The molecule has 1 unspecified atom stereocenters. The van der Waals surface area contributed by atoms with Gasteiger partial charge in [0.15, 0.2) is 0 Å². The predicted molar refractivity (Wildman–Crippen MR) is 71.9 cm³/mol. The molecular weight excluding hydrogens is 271 g/mol. The minimum atomic E-state index is -0.742. The Balaban J connectivity index is 2.18. The van der Waals surface area contributed by atoms with Gasteiger partial charge in [-0.2, -0.15) is 0 Å². The maximum Gasteiger partial charge on any atom is 0.102 e. The van der Waals surface area contributed by atoms with Crippen LogP contribution in [-0.4, -0.2) is 15.1 Å². The van der Waals surface area contributed by atoms with Crippen LogP contribution in [0.4, 0.5) is 0 Å². The van der Waals surface area contributed by atoms with Crippen LogP contribution < -0.4 is 0 Å². The SMILES string of the molecule is Cc1cnc(C(O)Cc2cc(Cl)ccc2Cl)cn1. The van der Waals surface area contributed by atoms with Gasteiger partial charge in [-0.15, -0.1) is 0 Å². The lowest BCUT2D eigenvalue weighted by Crippen LogP contribution is -2.05. The Morgan fingerprint density at radius 1 is 1.22 bits per heavy atom. The van der Waals surface area contributed by atoms with Crippen LogP contribution in [-0.2, 0) is 6.42 Å². The average Bonchev–Trinajstić information content (AvgIpc) is 2.34. The molecule has 1 N–H and O–H groups in total. The molecule has 18 heavy (non-hydrogen) atoms. The maximum absolute atomic E-state index is 10.1. The summed E-state index contributed by atoms with van der Waals surface area (Å²) in [6.07, 6.45) is 2.81. The monoisotopic (exact) mass is 282 g/mol. The fourth-order valence-electron chi connectivity index (χ4n) is 1.59. The molecule has 1 heterocycles. The first-order chi connectivity index (χ1) is 8.56. The van der Waals surface area contributed by atoms with E-state index in [2.05, 4.69) is 9.97 Å². The molecule has 1 aromatic heterocycles. The second kappa shape index (κ2) is 5.65. The quantitative estimate of drug-likeness (QED) is 0.939. The van der Waals surface area contributed by atoms with Crippen LogP contribution in [0.15, 0.2) is 30.6 Å². The van der Waals surface area contributed by atoms with Gasteiger partial charge in [0, 0.05) is 22.7 Å². The number of rotatable bonds is 3. The molecule has 2 rings (SSSR count). The van der Waals surface area contributed by atoms with Crippen molar-refractivity contribution in [2.24, 2.45) is 0 Å². The van der Waals surface area contributed by atoms with E-state index in [9.17, 15) is 5.11 Å². The number of nitrogens with zero attached hydrogens (tertiary/aromatic N) is 2. The Labute approximate surface area is 115 Å². The van der Waals surface area contributed by atoms with E-state index in [4.69, 9.17) is 23.2 Å². The summed E-state index contributed by atoms with van der Waals surface area (Å²) in [7, 11) is 0. The van der Waals surface area contributed by atoms with Crippen LogP contribution >= 0.6 is 23.2 Å². The van der Waals surface area contributed by atoms with Gasteiger partial charge in [-0.1, -0.05) is 23.2 Å². The molecule has 0 aliphatic carbocycles. The van der Waals surface area contributed by atoms with E-state index in [1.807, 2.05) is 6.92 Å². The first-order valence-electron chi connectivity index (χ1n) is 5.47. The van der Waals surface area contributed by atoms with Crippen LogP contribution in [0.2, 0.25) is 10.0 Å². The van der Waals surface area contributed by atoms with Gasteiger partial charge < -0.3 is 5.11 Å². The molecule has 3 nitrogen and oxygen atoms in total. The van der Waals surface area contributed by atoms with Gasteiger partial charge in [0.1, 0.15) is 6.10 Å². The number of benzene rings is 1. The highest BCUT2D eigenvalue weighted by Gasteiger charge is 2.13. The number of aliphatic hydroxyl groups is 1. The Hall–Kier alpha value is -1.16. The van der Waals surface area contributed by atoms with E-state index in [1.54, 1.807) is 30.6 Å². The smallest absolute Gasteiger partial charge is 0.102 e. The molecule has 1 atom stereocenters. The van der Waals surface area contributed by atoms with Crippen molar-refractivity contribution in [3.63, 3.8) is 0 Å². The summed E-state index contributed by atoms with van der Waals surface area (Å²) in [4.78, 5) is 8.24. The molecule has 0 fully saturated rings. The van der Waals surface area contributed by atoms with E-state index < -0.39 is 6.10 Å². The highest BCUT2D eigenvalue weighted by atomic mass is 35.5. The molecule has 0 amide bonds. The normalized spacial score (nSPS) is 12.4. The number of hydrogen-bond acceptors (Lipinski definition) is 3. The lowest BCUT2D eigenvalue weighted by molar-refractivity contribution is 0.173. The van der Waals surface area contributed by atoms with E-state index in [0.717, 1.165) is 11.3 Å². The lowest BCUT2D eigenvalue weighted by atomic mass is 10.1. The summed E-state index contributed by atoms with van der Waals surface area (Å²) in [5, 5.41) is 11.3. The predicted octanol–water partition coefficient (Wildman–Crippen LogP) is 3.37. The third-order valence-electron chi connectivity index (χ3n) is 2.56. The highest BCUT2D eigenvalue weighted by molar-refractivity contribution is 6.33. The zero-order valence-electron chi connectivity index (χ0n) is 9.77. The number of aliphatic hydroxyl groups excluding tert-OH is 1. The molecule has 5 heteroatoms. The number of aryl methyl sites for hydroxylation is 1. The summed E-state index contributed by atoms with van der Waals surface area (Å²) in [6, 6.07) is 5.17. The van der Waals surface area contributed by atoms with Crippen molar-refractivity contribution in [3.8, 4) is 0 Å². The molecule has 0 aliphatic rings. The van der Waals surface area contributed by atoms with Crippen molar-refractivity contribution < 1.29 is 5.11 Å². The van der Waals surface area contributed by atoms with E-state index in [-0.39, 0.29) is 0 Å². The summed E-state index contributed by atoms with van der Waals surface area (Å²) >= 11 is 11.9. The van der Waals surface area contributed by atoms with E-state index >= 15 is 0 Å². The molecule has 94 valence electrons. The van der Waals surface area contributed by atoms with Crippen molar-refractivity contribution in [3.05, 3.63) is 57.6 Å². The fraction of sp³-hybridized carbons (Fsp3) is 0.231. The molecule has 1 aromatic carbocycles. The zero-order valence-corrected chi connectivity index (χ0v) is 11.3. The molecule has 0 spiro atoms. The van der Waals surface area contributed by atoms with Crippen LogP contribution in [0.3, 0.4) is 0 Å². The Morgan fingerprint density at radius 3 is 2.67 bits per heavy atom. The fourth-order valence-corrected chi connectivity index (χ4v) is 1.98. The van der Waals surface area contributed by atoms with Gasteiger partial charge in [0.2, 0.25) is 0 Å². The topological polar surface area (TPSA) is 46.0 Å². The third-order valence-corrected chi connectivity index (χ3v) is 3.17. The van der Waals surface area contributed by atoms with Crippen molar-refractivity contribution in [1.82, 2.24) is 9.97 Å². The van der Waals surface area contributed by atoms with E-state index in [1.165, 1.54) is 0 Å². The third kappa shape index (κ3) is 3.19. The number of aromatic nitrogens is 2. The molecule has 0 saturated carbocycles. The van der Waals surface area contributed by atoms with E-state index in [0.29, 0.717) is 22.2 Å². The van der Waals surface area contributed by atoms with Crippen molar-refractivity contribution >= 4 is 23.2 Å². The van der Waals surface area contributed by atoms with Gasteiger partial charge in [-0.05, 0) is 30.7 Å². The molecular formula is C13H12Cl2N2O. The molecule has 0 saturated heterocycles. The minimum Gasteiger partial charge on any atom is -0.386 e. The molecule has 0 bridgehead atoms. The first kappa shape index (κ1) is 13.3. The van der Waals surface area contributed by atoms with Crippen molar-refractivity contribution in [2.75, 3.05) is 0 Å². The number of halogens is 2. The van der Waals surface area contributed by atoms with Crippen LogP contribution in [0.25, 0.3) is 0 Å². The molecule has 0 radical (unpaired) electrons. The molecule has 0 aliphatic heterocycles. The average molecular weight is 283 g/mol. The van der Waals surface area contributed by atoms with Gasteiger partial charge in [0.05, 0.1) is 17.6 Å². The van der Waals surface area contributed by atoms with Gasteiger partial charge >= 0.3 is 0 Å². The number of hydrogen-bond donors (Lipinski definition) is 1. The minimum absolute atomic E-state index is 0.358. The summed E-state index contributed by atoms with van der Waals surface area (Å²) < 4.78 is 0. The first-order valence-corrected chi connectivity index (χ1v) is 6.22. The van der Waals surface area contributed by atoms with Gasteiger partial charge in [0.25, 0.3) is 0 Å². The zero-order chi connectivity index (χ0) is 13.1. The maximum atomic E-state index is 10.1. The van der Waals surface area contributed by atoms with Crippen molar-refractivity contribution in [1.29, 1.82) is 0 Å². The summed E-state index contributed by atoms with van der Waals surface area (Å²) in [5.74, 6) is 0. The Kier molecular flexibility index (Phi) is 4.17. The van der Waals surface area contributed by atoms with Gasteiger partial charge in [-0.25, -0.2) is 0 Å². The summed E-state index contributed by atoms with van der Waals surface area (Å²) in [6.45, 7) is 1.84. The lowest BCUT2D eigenvalue weighted by Gasteiger charge is -2.11. The second-order valence-corrected chi connectivity index (χ2v) is 4.88. The second-order valence-electron chi connectivity index (χ2n) is 4.04. The van der Waals surface area contributed by atoms with Crippen LogP contribution in [0.5, 0.6) is 0 Å². The van der Waals surface area contributed by atoms with Gasteiger partial charge in [-0.3, -0.25) is 9.97 Å². The van der Waals surface area contributed by atoms with Crippen LogP contribution in [0.1, 0.15) is 23.1 Å². The van der Waals surface area contributed by atoms with Crippen molar-refractivity contribution in [2.45, 2.75) is 19.4 Å². The van der Waals surface area contributed by atoms with Crippen LogP contribution in [0, 0.1) is 6.92 Å².